The number of methoxy groups -OCH3 is 1. The van der Waals surface area contributed by atoms with Gasteiger partial charge < -0.3 is 44.1 Å². The van der Waals surface area contributed by atoms with Crippen LogP contribution in [0.2, 0.25) is 0 Å². The van der Waals surface area contributed by atoms with Crippen molar-refractivity contribution in [3.05, 3.63) is 42.1 Å². The molecule has 5 atom stereocenters. The Morgan fingerprint density at radius 3 is 2.58 bits per heavy atom. The quantitative estimate of drug-likeness (QED) is 0.372. The van der Waals surface area contributed by atoms with Crippen LogP contribution in [0, 0.1) is 0 Å². The first kappa shape index (κ1) is 22.8. The second kappa shape index (κ2) is 8.49. The number of pyridine rings is 1. The van der Waals surface area contributed by atoms with Crippen LogP contribution < -0.4 is 23.5 Å². The Morgan fingerprint density at radius 2 is 1.83 bits per heavy atom. The highest BCUT2D eigenvalue weighted by molar-refractivity contribution is 5.91. The van der Waals surface area contributed by atoms with Gasteiger partial charge in [0.25, 0.3) is 0 Å². The maximum atomic E-state index is 11.4. The van der Waals surface area contributed by atoms with E-state index in [0.29, 0.717) is 11.5 Å². The largest absolute Gasteiger partial charge is 0.492 e. The number of aliphatic carboxylic acids is 1. The number of aromatic nitrogens is 1. The smallest absolute Gasteiger partial charge is 0.335 e. The zero-order chi connectivity index (χ0) is 25.1. The molecule has 1 aromatic heterocycles. The van der Waals surface area contributed by atoms with Crippen LogP contribution in [0.25, 0.3) is 22.0 Å². The first-order chi connectivity index (χ1) is 17.4. The van der Waals surface area contributed by atoms with Crippen LogP contribution in [0.4, 0.5) is 0 Å². The summed E-state index contributed by atoms with van der Waals surface area (Å²) in [5, 5.41) is 41.3. The predicted octanol–water partition coefficient (Wildman–Crippen LogP) is 0.359. The summed E-state index contributed by atoms with van der Waals surface area (Å²) in [7, 11) is 1.47. The summed E-state index contributed by atoms with van der Waals surface area (Å²) in [5.41, 5.74) is 3.23. The summed E-state index contributed by atoms with van der Waals surface area (Å²) in [6.45, 7) is 0.930. The number of carboxylic acid groups (broad SMARTS) is 1. The van der Waals surface area contributed by atoms with Gasteiger partial charge in [-0.25, -0.2) is 4.79 Å². The number of fused-ring (bicyclic) bond motifs is 5. The third-order valence-electron chi connectivity index (χ3n) is 6.84. The molecule has 4 N–H and O–H groups in total. The number of nitrogens with zero attached hydrogens (tertiary/aromatic N) is 1. The average molecular weight is 498 g/mol. The fourth-order valence-corrected chi connectivity index (χ4v) is 4.97. The molecule has 4 heterocycles. The Morgan fingerprint density at radius 1 is 1.06 bits per heavy atom. The van der Waals surface area contributed by atoms with Crippen molar-refractivity contribution in [2.24, 2.45) is 0 Å². The van der Waals surface area contributed by atoms with Gasteiger partial charge in [-0.1, -0.05) is 0 Å². The Hall–Kier alpha value is -3.64. The zero-order valence-corrected chi connectivity index (χ0v) is 19.2. The molecule has 2 aromatic carbocycles. The Kier molecular flexibility index (Phi) is 5.38. The van der Waals surface area contributed by atoms with Crippen molar-refractivity contribution in [2.75, 3.05) is 13.9 Å². The molecule has 0 aliphatic carbocycles. The topological polar surface area (TPSA) is 148 Å². The minimum atomic E-state index is -1.81. The van der Waals surface area contributed by atoms with Crippen molar-refractivity contribution >= 4 is 16.7 Å². The van der Waals surface area contributed by atoms with Crippen LogP contribution in [0.15, 0.2) is 36.5 Å². The molecule has 36 heavy (non-hydrogen) atoms. The first-order valence-electron chi connectivity index (χ1n) is 11.4. The highest BCUT2D eigenvalue weighted by atomic mass is 16.7. The molecule has 1 saturated heterocycles. The van der Waals surface area contributed by atoms with Crippen molar-refractivity contribution in [3.63, 3.8) is 0 Å². The van der Waals surface area contributed by atoms with Gasteiger partial charge in [-0.2, -0.15) is 4.57 Å². The molecule has 0 saturated carbocycles. The summed E-state index contributed by atoms with van der Waals surface area (Å²) in [4.78, 5) is 11.4. The predicted molar refractivity (Wildman–Crippen MR) is 121 cm³/mol. The average Bonchev–Trinajstić information content (AvgIpc) is 3.33. The van der Waals surface area contributed by atoms with E-state index in [4.69, 9.17) is 23.7 Å². The summed E-state index contributed by atoms with van der Waals surface area (Å²) < 4.78 is 29.9. The van der Waals surface area contributed by atoms with Crippen LogP contribution in [-0.2, 0) is 22.5 Å². The van der Waals surface area contributed by atoms with Crippen LogP contribution >= 0.6 is 0 Å². The van der Waals surface area contributed by atoms with Crippen LogP contribution in [0.3, 0.4) is 0 Å². The van der Waals surface area contributed by atoms with E-state index in [1.165, 1.54) is 12.7 Å². The molecule has 0 spiro atoms. The summed E-state index contributed by atoms with van der Waals surface area (Å²) in [6, 6.07) is 9.47. The van der Waals surface area contributed by atoms with Gasteiger partial charge in [0.2, 0.25) is 18.8 Å². The molecule has 3 aliphatic heterocycles. The van der Waals surface area contributed by atoms with E-state index in [1.54, 1.807) is 6.07 Å². The van der Waals surface area contributed by atoms with Crippen molar-refractivity contribution in [1.29, 1.82) is 0 Å². The van der Waals surface area contributed by atoms with E-state index >= 15 is 0 Å². The number of rotatable bonds is 4. The minimum absolute atomic E-state index is 0.182. The second-order valence-electron chi connectivity index (χ2n) is 8.92. The van der Waals surface area contributed by atoms with Crippen LogP contribution in [0.5, 0.6) is 23.0 Å². The van der Waals surface area contributed by atoms with Gasteiger partial charge in [-0.05, 0) is 35.2 Å². The van der Waals surface area contributed by atoms with Crippen LogP contribution in [0.1, 0.15) is 5.56 Å². The van der Waals surface area contributed by atoms with Gasteiger partial charge in [0.15, 0.2) is 41.8 Å². The zero-order valence-electron chi connectivity index (χ0n) is 19.2. The summed E-state index contributed by atoms with van der Waals surface area (Å²) >= 11 is 0. The minimum Gasteiger partial charge on any atom is -0.492 e. The fraction of sp³-hybridized carbons (Fsp3) is 0.360. The lowest BCUT2D eigenvalue weighted by molar-refractivity contribution is -0.686. The van der Waals surface area contributed by atoms with E-state index < -0.39 is 36.7 Å². The second-order valence-corrected chi connectivity index (χ2v) is 8.92. The number of aliphatic hydroxyl groups is 3. The molecule has 6 rings (SSSR count). The van der Waals surface area contributed by atoms with Gasteiger partial charge in [-0.3, -0.25) is 0 Å². The maximum absolute atomic E-state index is 11.4. The van der Waals surface area contributed by atoms with Crippen molar-refractivity contribution in [3.8, 4) is 34.3 Å². The number of aliphatic hydroxyl groups excluding tert-OH is 3. The van der Waals surface area contributed by atoms with Gasteiger partial charge in [-0.15, -0.1) is 0 Å². The number of benzene rings is 2. The van der Waals surface area contributed by atoms with Crippen molar-refractivity contribution in [2.45, 2.75) is 43.7 Å². The molecule has 3 aliphatic rings. The molecule has 0 radical (unpaired) electrons. The number of carboxylic acids is 1. The lowest BCUT2D eigenvalue weighted by Crippen LogP contribution is -2.61. The third kappa shape index (κ3) is 3.51. The van der Waals surface area contributed by atoms with Gasteiger partial charge in [0.05, 0.1) is 18.1 Å². The molecular formula is C25H24NO10+. The molecule has 0 unspecified atom stereocenters. The lowest BCUT2D eigenvalue weighted by atomic mass is 9.95. The summed E-state index contributed by atoms with van der Waals surface area (Å²) in [6.07, 6.45) is -5.82. The molecule has 0 bridgehead atoms. The number of aryl methyl sites for hydroxylation is 2. The van der Waals surface area contributed by atoms with E-state index in [-0.39, 0.29) is 12.5 Å². The number of ether oxygens (including phenoxy) is 5. The van der Waals surface area contributed by atoms with E-state index in [9.17, 15) is 25.2 Å². The van der Waals surface area contributed by atoms with Gasteiger partial charge >= 0.3 is 5.97 Å². The van der Waals surface area contributed by atoms with Crippen molar-refractivity contribution in [1.82, 2.24) is 0 Å². The number of hydrogen-bond acceptors (Lipinski definition) is 9. The number of hydrogen-bond donors (Lipinski definition) is 4. The Bertz CT molecular complexity index is 1370. The van der Waals surface area contributed by atoms with Crippen LogP contribution in [-0.4, -0.2) is 71.0 Å². The SMILES string of the molecule is COc1c(O[C@@H]2O[C@H](C(=O)O)[C@@H](O)[C@H](O)[C@H]2O)ccc2cc3[n+](cc12)CCc1cc2c(cc1-3)OCO2. The van der Waals surface area contributed by atoms with E-state index in [0.717, 1.165) is 40.7 Å². The molecular weight excluding hydrogens is 474 g/mol. The normalized spacial score (nSPS) is 26.3. The third-order valence-corrected chi connectivity index (χ3v) is 6.84. The molecule has 3 aromatic rings. The van der Waals surface area contributed by atoms with E-state index in [2.05, 4.69) is 4.57 Å². The molecule has 1 fully saturated rings. The van der Waals surface area contributed by atoms with Crippen molar-refractivity contribution < 1.29 is 53.5 Å². The molecule has 11 heteroatoms. The lowest BCUT2D eigenvalue weighted by Gasteiger charge is -2.38. The Balaban J connectivity index is 1.38. The fourth-order valence-electron chi connectivity index (χ4n) is 4.97. The first-order valence-corrected chi connectivity index (χ1v) is 11.4. The summed E-state index contributed by atoms with van der Waals surface area (Å²) in [5.74, 6) is 0.505. The van der Waals surface area contributed by atoms with Gasteiger partial charge in [0.1, 0.15) is 18.3 Å². The highest BCUT2D eigenvalue weighted by Gasteiger charge is 2.48. The highest BCUT2D eigenvalue weighted by Crippen LogP contribution is 2.42. The van der Waals surface area contributed by atoms with Gasteiger partial charge in [0, 0.05) is 12.5 Å². The standard InChI is InChI=1S/C25H23NO10/c1-32-22-14-9-26-5-4-12-7-17-18(34-10-33-17)8-13(12)15(26)6-11(14)2-3-16(22)35-25-21(29)19(27)20(28)23(36-25)24(30)31/h2-3,6-9,19-21,23,25,27-29H,4-5,10H2,1H3/p+1/t19-,20-,21+,23-,25+/m0/s1. The molecule has 0 amide bonds. The van der Waals surface area contributed by atoms with E-state index in [1.807, 2.05) is 30.5 Å². The monoisotopic (exact) mass is 498 g/mol. The molecule has 188 valence electrons. The molecule has 11 nitrogen and oxygen atoms in total. The Labute approximate surface area is 204 Å². The maximum Gasteiger partial charge on any atom is 0.335 e. The number of carbonyl (C=O) groups is 1.